The van der Waals surface area contributed by atoms with E-state index in [2.05, 4.69) is 12.2 Å². The van der Waals surface area contributed by atoms with Crippen LogP contribution in [0.2, 0.25) is 0 Å². The fraction of sp³-hybridized carbons (Fsp3) is 0.500. The van der Waals surface area contributed by atoms with Crippen LogP contribution in [0.4, 0.5) is 16.2 Å². The first-order valence-electron chi connectivity index (χ1n) is 6.86. The average Bonchev–Trinajstić information content (AvgIpc) is 2.49. The van der Waals surface area contributed by atoms with Crippen LogP contribution in [0.1, 0.15) is 13.3 Å². The number of benzene rings is 1. The minimum atomic E-state index is -0.113. The molecule has 1 heterocycles. The number of amides is 2. The third-order valence-corrected chi connectivity index (χ3v) is 4.24. The third-order valence-electron chi connectivity index (χ3n) is 3.04. The lowest BCUT2D eigenvalue weighted by atomic mass is 10.2. The maximum atomic E-state index is 12.1. The number of hydrogen-bond acceptors (Lipinski definition) is 4. The van der Waals surface area contributed by atoms with Gasteiger partial charge in [-0.15, -0.1) is 11.8 Å². The highest BCUT2D eigenvalue weighted by Gasteiger charge is 2.17. The second-order valence-corrected chi connectivity index (χ2v) is 5.80. The topological polar surface area (TPSA) is 67.6 Å². The van der Waals surface area contributed by atoms with Crippen LogP contribution < -0.4 is 11.1 Å². The van der Waals surface area contributed by atoms with Crippen LogP contribution in [0.25, 0.3) is 0 Å². The van der Waals surface area contributed by atoms with Crippen LogP contribution in [0.15, 0.2) is 23.1 Å². The molecule has 0 saturated carbocycles. The summed E-state index contributed by atoms with van der Waals surface area (Å²) in [6.45, 7) is 4.57. The van der Waals surface area contributed by atoms with Crippen LogP contribution in [-0.2, 0) is 4.74 Å². The van der Waals surface area contributed by atoms with Crippen molar-refractivity contribution in [1.82, 2.24) is 4.90 Å². The normalized spacial score (nSPS) is 15.2. The number of morpholine rings is 1. The first kappa shape index (κ1) is 15.0. The van der Waals surface area contributed by atoms with Crippen molar-refractivity contribution < 1.29 is 9.53 Å². The second-order valence-electron chi connectivity index (χ2n) is 4.63. The Morgan fingerprint density at radius 2 is 2.20 bits per heavy atom. The molecule has 0 atom stereocenters. The van der Waals surface area contributed by atoms with E-state index in [0.29, 0.717) is 37.7 Å². The molecule has 1 aliphatic rings. The Kier molecular flexibility index (Phi) is 5.55. The Bertz CT molecular complexity index is 462. The maximum Gasteiger partial charge on any atom is 0.322 e. The smallest absolute Gasteiger partial charge is 0.322 e. The maximum absolute atomic E-state index is 12.1. The van der Waals surface area contributed by atoms with Crippen molar-refractivity contribution in [2.75, 3.05) is 43.1 Å². The van der Waals surface area contributed by atoms with Crippen LogP contribution in [0.5, 0.6) is 0 Å². The molecule has 2 amide bonds. The molecular formula is C14H21N3O2S. The van der Waals surface area contributed by atoms with Gasteiger partial charge in [0, 0.05) is 18.0 Å². The van der Waals surface area contributed by atoms with Gasteiger partial charge in [0.1, 0.15) is 0 Å². The molecule has 1 fully saturated rings. The summed E-state index contributed by atoms with van der Waals surface area (Å²) in [7, 11) is 0. The number of thioether (sulfide) groups is 1. The van der Waals surface area contributed by atoms with Crippen LogP contribution in [0.3, 0.4) is 0 Å². The van der Waals surface area contributed by atoms with Gasteiger partial charge in [-0.25, -0.2) is 4.79 Å². The highest BCUT2D eigenvalue weighted by Crippen LogP contribution is 2.27. The highest BCUT2D eigenvalue weighted by atomic mass is 32.2. The van der Waals surface area contributed by atoms with Crippen molar-refractivity contribution in [3.8, 4) is 0 Å². The number of nitrogen functional groups attached to an aromatic ring is 1. The molecule has 1 aromatic carbocycles. The molecule has 110 valence electrons. The number of rotatable bonds is 4. The molecule has 0 spiro atoms. The predicted octanol–water partition coefficient (Wildman–Crippen LogP) is 2.64. The van der Waals surface area contributed by atoms with Crippen molar-refractivity contribution in [1.29, 1.82) is 0 Å². The molecule has 20 heavy (non-hydrogen) atoms. The van der Waals surface area contributed by atoms with Gasteiger partial charge in [0.05, 0.1) is 24.6 Å². The molecule has 0 bridgehead atoms. The summed E-state index contributed by atoms with van der Waals surface area (Å²) >= 11 is 1.77. The Morgan fingerprint density at radius 3 is 2.90 bits per heavy atom. The molecule has 0 aliphatic carbocycles. The molecule has 1 aromatic rings. The number of carbonyl (C=O) groups excluding carboxylic acids is 1. The lowest BCUT2D eigenvalue weighted by Crippen LogP contribution is -2.43. The molecule has 0 aromatic heterocycles. The molecule has 0 radical (unpaired) electrons. The fourth-order valence-electron chi connectivity index (χ4n) is 1.91. The van der Waals surface area contributed by atoms with Gasteiger partial charge in [0.25, 0.3) is 0 Å². The van der Waals surface area contributed by atoms with Gasteiger partial charge in [-0.1, -0.05) is 6.92 Å². The molecule has 1 aliphatic heterocycles. The van der Waals surface area contributed by atoms with Gasteiger partial charge in [0.15, 0.2) is 0 Å². The van der Waals surface area contributed by atoms with E-state index in [9.17, 15) is 4.79 Å². The Labute approximate surface area is 123 Å². The minimum absolute atomic E-state index is 0.113. The van der Waals surface area contributed by atoms with Crippen LogP contribution in [0, 0.1) is 0 Å². The van der Waals surface area contributed by atoms with E-state index in [1.54, 1.807) is 16.7 Å². The second kappa shape index (κ2) is 7.40. The van der Waals surface area contributed by atoms with Crippen LogP contribution in [-0.4, -0.2) is 43.0 Å². The van der Waals surface area contributed by atoms with E-state index in [0.717, 1.165) is 17.1 Å². The molecule has 6 heteroatoms. The quantitative estimate of drug-likeness (QED) is 0.662. The standard InChI is InChI=1S/C14H21N3O2S/c1-2-9-20-11-3-4-12(15)13(10-11)16-14(18)17-5-7-19-8-6-17/h3-4,10H,2,5-9,15H2,1H3,(H,16,18). The zero-order valence-corrected chi connectivity index (χ0v) is 12.5. The molecule has 2 rings (SSSR count). The Hall–Kier alpha value is -1.40. The largest absolute Gasteiger partial charge is 0.397 e. The van der Waals surface area contributed by atoms with E-state index in [1.165, 1.54) is 0 Å². The number of urea groups is 1. The van der Waals surface area contributed by atoms with Gasteiger partial charge < -0.3 is 20.7 Å². The Morgan fingerprint density at radius 1 is 1.45 bits per heavy atom. The summed E-state index contributed by atoms with van der Waals surface area (Å²) in [4.78, 5) is 15.0. The van der Waals surface area contributed by atoms with E-state index < -0.39 is 0 Å². The SMILES string of the molecule is CCCSc1ccc(N)c(NC(=O)N2CCOCC2)c1. The molecular weight excluding hydrogens is 274 g/mol. The number of hydrogen-bond donors (Lipinski definition) is 2. The molecule has 1 saturated heterocycles. The number of ether oxygens (including phenoxy) is 1. The lowest BCUT2D eigenvalue weighted by molar-refractivity contribution is 0.0564. The highest BCUT2D eigenvalue weighted by molar-refractivity contribution is 7.99. The van der Waals surface area contributed by atoms with Gasteiger partial charge >= 0.3 is 6.03 Å². The summed E-state index contributed by atoms with van der Waals surface area (Å²) in [6.07, 6.45) is 1.12. The van der Waals surface area contributed by atoms with Crippen molar-refractivity contribution in [2.45, 2.75) is 18.2 Å². The number of carbonyl (C=O) groups is 1. The summed E-state index contributed by atoms with van der Waals surface area (Å²) in [5.41, 5.74) is 7.20. The van der Waals surface area contributed by atoms with Crippen LogP contribution >= 0.6 is 11.8 Å². The summed E-state index contributed by atoms with van der Waals surface area (Å²) in [6, 6.07) is 5.65. The molecule has 3 N–H and O–H groups in total. The zero-order chi connectivity index (χ0) is 14.4. The fourth-order valence-corrected chi connectivity index (χ4v) is 2.72. The number of nitrogens with one attached hydrogen (secondary N) is 1. The number of nitrogens with zero attached hydrogens (tertiary/aromatic N) is 1. The average molecular weight is 295 g/mol. The summed E-state index contributed by atoms with van der Waals surface area (Å²) in [5.74, 6) is 1.06. The number of nitrogens with two attached hydrogens (primary N) is 1. The lowest BCUT2D eigenvalue weighted by Gasteiger charge is -2.27. The Balaban J connectivity index is 2.01. The summed E-state index contributed by atoms with van der Waals surface area (Å²) < 4.78 is 5.24. The van der Waals surface area contributed by atoms with Gasteiger partial charge in [0.2, 0.25) is 0 Å². The van der Waals surface area contributed by atoms with E-state index in [-0.39, 0.29) is 6.03 Å². The minimum Gasteiger partial charge on any atom is -0.397 e. The van der Waals surface area contributed by atoms with E-state index >= 15 is 0 Å². The molecule has 5 nitrogen and oxygen atoms in total. The van der Waals surface area contributed by atoms with E-state index in [4.69, 9.17) is 10.5 Å². The number of anilines is 2. The van der Waals surface area contributed by atoms with Gasteiger partial charge in [-0.3, -0.25) is 0 Å². The zero-order valence-electron chi connectivity index (χ0n) is 11.7. The molecule has 0 unspecified atom stereocenters. The van der Waals surface area contributed by atoms with Crippen molar-refractivity contribution in [3.63, 3.8) is 0 Å². The van der Waals surface area contributed by atoms with E-state index in [1.807, 2.05) is 18.2 Å². The van der Waals surface area contributed by atoms with Crippen molar-refractivity contribution in [3.05, 3.63) is 18.2 Å². The van der Waals surface area contributed by atoms with Gasteiger partial charge in [-0.05, 0) is 30.4 Å². The first-order valence-corrected chi connectivity index (χ1v) is 7.85. The monoisotopic (exact) mass is 295 g/mol. The van der Waals surface area contributed by atoms with Crippen molar-refractivity contribution in [2.24, 2.45) is 0 Å². The van der Waals surface area contributed by atoms with Gasteiger partial charge in [-0.2, -0.15) is 0 Å². The third kappa shape index (κ3) is 4.05. The first-order chi connectivity index (χ1) is 9.70. The van der Waals surface area contributed by atoms with Crippen molar-refractivity contribution >= 4 is 29.2 Å². The summed E-state index contributed by atoms with van der Waals surface area (Å²) in [5, 5.41) is 2.89. The predicted molar refractivity (Wildman–Crippen MR) is 83.3 cm³/mol.